The molecule has 0 amide bonds. The molecule has 1 heterocycles. The largest absolute Gasteiger partial charge is 0.755 e. The quantitative estimate of drug-likeness (QED) is 0.360. The van der Waals surface area contributed by atoms with Crippen LogP contribution >= 0.6 is 0 Å². The zero-order valence-electron chi connectivity index (χ0n) is 16.8. The number of carbonyl (C=O) groups is 1. The number of rotatable bonds is 6. The number of anilines is 2. The predicted octanol–water partition coefficient (Wildman–Crippen LogP) is 4.72. The first kappa shape index (κ1) is 25.6. The van der Waals surface area contributed by atoms with E-state index in [0.29, 0.717) is 22.7 Å². The molecule has 2 aromatic rings. The van der Waals surface area contributed by atoms with Crippen LogP contribution in [0, 0.1) is 6.92 Å². The third-order valence-corrected chi connectivity index (χ3v) is 4.38. The van der Waals surface area contributed by atoms with Gasteiger partial charge in [-0.25, -0.2) is 0 Å². The molecule has 1 aliphatic rings. The number of nitrogens with zero attached hydrogens (tertiary/aromatic N) is 1. The Labute approximate surface area is 200 Å². The zero-order chi connectivity index (χ0) is 20.5. The van der Waals surface area contributed by atoms with E-state index in [2.05, 4.69) is 30.4 Å². The number of hydrogen-bond acceptors (Lipinski definition) is 5. The van der Waals surface area contributed by atoms with E-state index in [0.717, 1.165) is 25.9 Å². The average molecular weight is 491 g/mol. The van der Waals surface area contributed by atoms with E-state index < -0.39 is 11.3 Å². The molecule has 155 valence electrons. The van der Waals surface area contributed by atoms with Crippen LogP contribution in [0.1, 0.15) is 43.5 Å². The first-order valence-electron chi connectivity index (χ1n) is 9.34. The Kier molecular flexibility index (Phi) is 11.5. The number of benzene rings is 2. The monoisotopic (exact) mass is 491 g/mol. The van der Waals surface area contributed by atoms with Crippen molar-refractivity contribution in [3.05, 3.63) is 55.0 Å². The molecular formula is C21H26N2O4SY-2. The molecule has 2 aromatic carbocycles. The van der Waals surface area contributed by atoms with E-state index in [-0.39, 0.29) is 44.2 Å². The summed E-state index contributed by atoms with van der Waals surface area (Å²) >= 11 is -2.55. The van der Waals surface area contributed by atoms with Crippen LogP contribution in [0.25, 0.3) is 0 Å². The molecule has 1 radical (unpaired) electrons. The Hall–Kier alpha value is -1.41. The minimum absolute atomic E-state index is 0. The van der Waals surface area contributed by atoms with Crippen molar-refractivity contribution in [1.82, 2.24) is 0 Å². The van der Waals surface area contributed by atoms with Gasteiger partial charge in [0.25, 0.3) is 0 Å². The fourth-order valence-corrected chi connectivity index (χ4v) is 3.18. The van der Waals surface area contributed by atoms with Crippen molar-refractivity contribution in [3.63, 3.8) is 0 Å². The molecule has 1 saturated heterocycles. The summed E-state index contributed by atoms with van der Waals surface area (Å²) in [5.74, 6) is 0.574. The van der Waals surface area contributed by atoms with Gasteiger partial charge in [-0.1, -0.05) is 38.5 Å². The number of ether oxygens (including phenoxy) is 1. The summed E-state index contributed by atoms with van der Waals surface area (Å²) in [4.78, 5) is 13.9. The molecule has 0 aromatic heterocycles. The molecule has 0 saturated carbocycles. The number of carbonyl (C=O) groups excluding carboxylic acids is 1. The molecule has 29 heavy (non-hydrogen) atoms. The summed E-state index contributed by atoms with van der Waals surface area (Å²) in [5, 5.41) is 0. The van der Waals surface area contributed by atoms with Crippen LogP contribution in [0.15, 0.2) is 42.5 Å². The van der Waals surface area contributed by atoms with Gasteiger partial charge in [-0.3, -0.25) is 4.21 Å². The second-order valence-electron chi connectivity index (χ2n) is 6.45. The van der Waals surface area contributed by atoms with Crippen molar-refractivity contribution in [1.29, 1.82) is 0 Å². The second kappa shape index (κ2) is 13.0. The molecule has 8 heteroatoms. The van der Waals surface area contributed by atoms with E-state index in [4.69, 9.17) is 4.74 Å². The summed E-state index contributed by atoms with van der Waals surface area (Å²) < 4.78 is 30.7. The van der Waals surface area contributed by atoms with Gasteiger partial charge in [0, 0.05) is 62.8 Å². The summed E-state index contributed by atoms with van der Waals surface area (Å²) in [6, 6.07) is 12.2. The Morgan fingerprint density at radius 1 is 1.21 bits per heavy atom. The van der Waals surface area contributed by atoms with Crippen molar-refractivity contribution < 1.29 is 51.0 Å². The molecule has 1 atom stereocenters. The van der Waals surface area contributed by atoms with Gasteiger partial charge in [0.2, 0.25) is 0 Å². The number of nitrogens with one attached hydrogen (secondary N) is 1. The van der Waals surface area contributed by atoms with Gasteiger partial charge < -0.3 is 23.7 Å². The first-order chi connectivity index (χ1) is 13.5. The van der Waals surface area contributed by atoms with Gasteiger partial charge in [-0.15, -0.1) is 17.7 Å². The fraction of sp³-hybridized carbons (Fsp3) is 0.333. The normalized spacial score (nSPS) is 13.6. The predicted molar refractivity (Wildman–Crippen MR) is 113 cm³/mol. The van der Waals surface area contributed by atoms with Gasteiger partial charge in [-0.05, 0) is 25.0 Å². The number of hydrogen-bond donors (Lipinski definition) is 1. The molecular weight excluding hydrogens is 465 g/mol. The number of Topliss-reactive ketones (excluding diaryl/α,β-unsaturated/α-hetero) is 1. The number of ketones is 1. The van der Waals surface area contributed by atoms with Crippen molar-refractivity contribution >= 4 is 28.4 Å². The van der Waals surface area contributed by atoms with E-state index in [1.807, 2.05) is 18.2 Å². The van der Waals surface area contributed by atoms with E-state index in [1.165, 1.54) is 12.5 Å². The SMILES string of the molecule is CCC.[CH2-]C(=O)c1cc(NS(=O)[O-])c(Oc2ccccc2)c(N2CCCC2)c1.[Y]. The van der Waals surface area contributed by atoms with E-state index >= 15 is 0 Å². The Morgan fingerprint density at radius 2 is 1.79 bits per heavy atom. The van der Waals surface area contributed by atoms with Gasteiger partial charge in [0.1, 0.15) is 5.75 Å². The molecule has 6 nitrogen and oxygen atoms in total. The molecule has 1 aliphatic heterocycles. The van der Waals surface area contributed by atoms with Crippen LogP contribution in [0.5, 0.6) is 11.5 Å². The standard InChI is InChI=1S/C18H19N2O4S.C3H8.Y/c1-13(21)14-11-16(19-25(22)23)18(24-15-7-3-2-4-8-15)17(12-14)20-9-5-6-10-20;1-3-2;/h2-4,7-8,11-12,19H,1,5-6,9-10H2,(H,22,23);3H2,1-2H3;/q-1;;/p-1. The van der Waals surface area contributed by atoms with Crippen LogP contribution in [0.2, 0.25) is 0 Å². The summed E-state index contributed by atoms with van der Waals surface area (Å²) in [6.07, 6.45) is 3.31. The molecule has 0 bridgehead atoms. The Bertz CT molecular complexity index is 812. The van der Waals surface area contributed by atoms with Crippen LogP contribution in [0.4, 0.5) is 11.4 Å². The van der Waals surface area contributed by atoms with E-state index in [1.54, 1.807) is 18.2 Å². The van der Waals surface area contributed by atoms with Crippen LogP contribution in [-0.2, 0) is 44.0 Å². The van der Waals surface area contributed by atoms with Crippen molar-refractivity contribution in [2.45, 2.75) is 33.1 Å². The molecule has 0 spiro atoms. The Morgan fingerprint density at radius 3 is 2.31 bits per heavy atom. The first-order valence-corrected chi connectivity index (χ1v) is 10.4. The van der Waals surface area contributed by atoms with Crippen LogP contribution < -0.4 is 14.4 Å². The second-order valence-corrected chi connectivity index (χ2v) is 7.12. The topological polar surface area (TPSA) is 81.7 Å². The molecule has 0 aliphatic carbocycles. The van der Waals surface area contributed by atoms with Gasteiger partial charge in [0.05, 0.1) is 11.4 Å². The third-order valence-electron chi connectivity index (χ3n) is 3.99. The minimum Gasteiger partial charge on any atom is -0.755 e. The van der Waals surface area contributed by atoms with Gasteiger partial charge >= 0.3 is 0 Å². The fourth-order valence-electron chi connectivity index (χ4n) is 2.85. The Balaban J connectivity index is 0.000000990. The van der Waals surface area contributed by atoms with Crippen molar-refractivity contribution in [2.75, 3.05) is 22.7 Å². The number of para-hydroxylation sites is 1. The van der Waals surface area contributed by atoms with Gasteiger partial charge in [0.15, 0.2) is 5.75 Å². The van der Waals surface area contributed by atoms with Gasteiger partial charge in [-0.2, -0.15) is 6.92 Å². The maximum Gasteiger partial charge on any atom is 0.171 e. The zero-order valence-corrected chi connectivity index (χ0v) is 20.5. The molecule has 1 N–H and O–H groups in total. The van der Waals surface area contributed by atoms with Crippen molar-refractivity contribution in [2.24, 2.45) is 0 Å². The summed E-state index contributed by atoms with van der Waals surface area (Å²) in [6.45, 7) is 9.32. The summed E-state index contributed by atoms with van der Waals surface area (Å²) in [5.41, 5.74) is 1.23. The third kappa shape index (κ3) is 7.74. The van der Waals surface area contributed by atoms with Crippen molar-refractivity contribution in [3.8, 4) is 11.5 Å². The average Bonchev–Trinajstić information content (AvgIpc) is 3.18. The smallest absolute Gasteiger partial charge is 0.171 e. The van der Waals surface area contributed by atoms with Crippen LogP contribution in [0.3, 0.4) is 0 Å². The van der Waals surface area contributed by atoms with Crippen LogP contribution in [-0.4, -0.2) is 27.6 Å². The molecule has 3 rings (SSSR count). The van der Waals surface area contributed by atoms with E-state index in [9.17, 15) is 13.6 Å². The maximum absolute atomic E-state index is 11.8. The minimum atomic E-state index is -2.55. The summed E-state index contributed by atoms with van der Waals surface area (Å²) in [7, 11) is 0. The maximum atomic E-state index is 11.8. The molecule has 1 fully saturated rings. The molecule has 1 unspecified atom stereocenters.